The fourth-order valence-corrected chi connectivity index (χ4v) is 2.51. The van der Waals surface area contributed by atoms with Crippen LogP contribution in [0.1, 0.15) is 24.0 Å². The molecule has 0 atom stereocenters. The summed E-state index contributed by atoms with van der Waals surface area (Å²) in [4.78, 5) is 7.69. The molecule has 0 unspecified atom stereocenters. The average Bonchev–Trinajstić information content (AvgIpc) is 2.36. The summed E-state index contributed by atoms with van der Waals surface area (Å²) in [6.07, 6.45) is 1.61. The van der Waals surface area contributed by atoms with E-state index in [1.807, 2.05) is 24.3 Å². The van der Waals surface area contributed by atoms with Crippen molar-refractivity contribution in [3.05, 3.63) is 55.5 Å². The number of benzene rings is 1. The Labute approximate surface area is 125 Å². The van der Waals surface area contributed by atoms with Crippen LogP contribution in [0.3, 0.4) is 0 Å². The molecule has 2 rings (SSSR count). The monoisotopic (exact) mass is 342 g/mol. The molecule has 18 heavy (non-hydrogen) atoms. The third-order valence-corrected chi connectivity index (χ3v) is 4.29. The number of aryl methyl sites for hydroxylation is 1. The molecule has 1 N–H and O–H groups in total. The maximum atomic E-state index is 5.86. The SMILES string of the molecule is CCc1[nH]c(Cc2ccc(Cl)cc2)nc(=S)c1Br. The van der Waals surface area contributed by atoms with Gasteiger partial charge in [0.25, 0.3) is 0 Å². The molecular formula is C13H12BrClN2S. The van der Waals surface area contributed by atoms with E-state index in [2.05, 4.69) is 32.8 Å². The van der Waals surface area contributed by atoms with Crippen LogP contribution in [-0.4, -0.2) is 9.97 Å². The van der Waals surface area contributed by atoms with Crippen molar-refractivity contribution in [2.45, 2.75) is 19.8 Å². The molecular weight excluding hydrogens is 332 g/mol. The highest BCUT2D eigenvalue weighted by Crippen LogP contribution is 2.18. The van der Waals surface area contributed by atoms with Crippen LogP contribution in [0.5, 0.6) is 0 Å². The Balaban J connectivity index is 2.32. The molecule has 0 aliphatic carbocycles. The van der Waals surface area contributed by atoms with Gasteiger partial charge in [0.2, 0.25) is 0 Å². The van der Waals surface area contributed by atoms with Crippen LogP contribution in [-0.2, 0) is 12.8 Å². The van der Waals surface area contributed by atoms with Crippen LogP contribution < -0.4 is 0 Å². The summed E-state index contributed by atoms with van der Waals surface area (Å²) in [5, 5.41) is 0.740. The first-order valence-electron chi connectivity index (χ1n) is 5.62. The van der Waals surface area contributed by atoms with Gasteiger partial charge in [-0.25, -0.2) is 4.98 Å². The number of nitrogens with one attached hydrogen (secondary N) is 1. The predicted molar refractivity (Wildman–Crippen MR) is 80.8 cm³/mol. The summed E-state index contributed by atoms with van der Waals surface area (Å²) in [7, 11) is 0. The molecule has 0 saturated carbocycles. The summed E-state index contributed by atoms with van der Waals surface area (Å²) in [5.74, 6) is 0.877. The van der Waals surface area contributed by atoms with E-state index in [1.165, 1.54) is 0 Å². The lowest BCUT2D eigenvalue weighted by atomic mass is 10.1. The third-order valence-electron chi connectivity index (χ3n) is 2.62. The molecule has 2 nitrogen and oxygen atoms in total. The van der Waals surface area contributed by atoms with Crippen LogP contribution in [0.25, 0.3) is 0 Å². The Hall–Kier alpha value is -0.710. The number of hydrogen-bond donors (Lipinski definition) is 1. The van der Waals surface area contributed by atoms with E-state index in [4.69, 9.17) is 23.8 Å². The standard InChI is InChI=1S/C13H12BrClN2S/c1-2-10-12(14)13(18)17-11(16-10)7-8-3-5-9(15)6-4-8/h3-6H,2,7H2,1H3,(H,16,17,18). The number of aromatic nitrogens is 2. The van der Waals surface area contributed by atoms with Crippen LogP contribution in [0.2, 0.25) is 5.02 Å². The molecule has 0 amide bonds. The number of aromatic amines is 1. The van der Waals surface area contributed by atoms with Crippen LogP contribution in [0.4, 0.5) is 0 Å². The van der Waals surface area contributed by atoms with E-state index in [9.17, 15) is 0 Å². The minimum Gasteiger partial charge on any atom is -0.346 e. The number of nitrogens with zero attached hydrogens (tertiary/aromatic N) is 1. The summed E-state index contributed by atoms with van der Waals surface area (Å²) < 4.78 is 1.49. The molecule has 0 spiro atoms. The van der Waals surface area contributed by atoms with E-state index in [0.717, 1.165) is 39.4 Å². The molecule has 94 valence electrons. The molecule has 0 aliphatic heterocycles. The largest absolute Gasteiger partial charge is 0.346 e. The van der Waals surface area contributed by atoms with E-state index >= 15 is 0 Å². The quantitative estimate of drug-likeness (QED) is 0.818. The zero-order chi connectivity index (χ0) is 13.1. The Kier molecular flexibility index (Phi) is 4.54. The van der Waals surface area contributed by atoms with Gasteiger partial charge in [-0.1, -0.05) is 42.9 Å². The van der Waals surface area contributed by atoms with Crippen molar-refractivity contribution in [3.63, 3.8) is 0 Å². The predicted octanol–water partition coefficient (Wildman–Crippen LogP) is 4.71. The van der Waals surface area contributed by atoms with Gasteiger partial charge in [-0.15, -0.1) is 0 Å². The van der Waals surface area contributed by atoms with Crippen LogP contribution >= 0.6 is 39.7 Å². The van der Waals surface area contributed by atoms with Gasteiger partial charge in [0, 0.05) is 17.1 Å². The highest BCUT2D eigenvalue weighted by Gasteiger charge is 2.05. The number of halogens is 2. The van der Waals surface area contributed by atoms with Crippen molar-refractivity contribution in [3.8, 4) is 0 Å². The fraction of sp³-hybridized carbons (Fsp3) is 0.231. The summed E-state index contributed by atoms with van der Waals surface area (Å²) in [5.41, 5.74) is 2.24. The van der Waals surface area contributed by atoms with Crippen molar-refractivity contribution in [2.75, 3.05) is 0 Å². The average molecular weight is 344 g/mol. The van der Waals surface area contributed by atoms with Gasteiger partial charge in [0.05, 0.1) is 4.47 Å². The van der Waals surface area contributed by atoms with Crippen LogP contribution in [0, 0.1) is 4.64 Å². The molecule has 0 aliphatic rings. The maximum absolute atomic E-state index is 5.86. The van der Waals surface area contributed by atoms with E-state index in [0.29, 0.717) is 4.64 Å². The van der Waals surface area contributed by atoms with Gasteiger partial charge < -0.3 is 4.98 Å². The second kappa shape index (κ2) is 5.95. The van der Waals surface area contributed by atoms with E-state index in [-0.39, 0.29) is 0 Å². The molecule has 5 heteroatoms. The molecule has 0 fully saturated rings. The van der Waals surface area contributed by atoms with Gasteiger partial charge >= 0.3 is 0 Å². The lowest BCUT2D eigenvalue weighted by molar-refractivity contribution is 0.889. The minimum absolute atomic E-state index is 0.606. The molecule has 1 aromatic carbocycles. The molecule has 0 radical (unpaired) electrons. The Morgan fingerprint density at radius 2 is 2.00 bits per heavy atom. The zero-order valence-corrected chi connectivity index (χ0v) is 13.0. The summed E-state index contributed by atoms with van der Waals surface area (Å²) in [6, 6.07) is 7.75. The lowest BCUT2D eigenvalue weighted by Crippen LogP contribution is -2.02. The molecule has 1 aromatic heterocycles. The van der Waals surface area contributed by atoms with Gasteiger partial charge in [-0.05, 0) is 40.0 Å². The van der Waals surface area contributed by atoms with E-state index < -0.39 is 0 Å². The Morgan fingerprint density at radius 1 is 1.33 bits per heavy atom. The molecule has 2 aromatic rings. The van der Waals surface area contributed by atoms with Gasteiger partial charge in [-0.2, -0.15) is 0 Å². The molecule has 1 heterocycles. The first-order chi connectivity index (χ1) is 8.60. The van der Waals surface area contributed by atoms with Crippen molar-refractivity contribution in [1.82, 2.24) is 9.97 Å². The van der Waals surface area contributed by atoms with Crippen molar-refractivity contribution >= 4 is 39.7 Å². The Morgan fingerprint density at radius 3 is 2.61 bits per heavy atom. The maximum Gasteiger partial charge on any atom is 0.144 e. The van der Waals surface area contributed by atoms with Crippen LogP contribution in [0.15, 0.2) is 28.7 Å². The number of H-pyrrole nitrogens is 1. The number of rotatable bonds is 3. The normalized spacial score (nSPS) is 10.6. The van der Waals surface area contributed by atoms with Crippen molar-refractivity contribution in [2.24, 2.45) is 0 Å². The zero-order valence-electron chi connectivity index (χ0n) is 9.84. The highest BCUT2D eigenvalue weighted by molar-refractivity contribution is 9.10. The second-order valence-electron chi connectivity index (χ2n) is 3.94. The van der Waals surface area contributed by atoms with Crippen molar-refractivity contribution < 1.29 is 0 Å². The Bertz CT molecular complexity index is 607. The summed E-state index contributed by atoms with van der Waals surface area (Å²) in [6.45, 7) is 2.08. The smallest absolute Gasteiger partial charge is 0.144 e. The third kappa shape index (κ3) is 3.19. The summed E-state index contributed by atoms with van der Waals surface area (Å²) >= 11 is 14.5. The molecule has 0 bridgehead atoms. The van der Waals surface area contributed by atoms with E-state index in [1.54, 1.807) is 0 Å². The van der Waals surface area contributed by atoms with Gasteiger partial charge in [0.15, 0.2) is 0 Å². The first-order valence-corrected chi connectivity index (χ1v) is 7.20. The van der Waals surface area contributed by atoms with Gasteiger partial charge in [0.1, 0.15) is 10.5 Å². The number of hydrogen-bond acceptors (Lipinski definition) is 2. The highest BCUT2D eigenvalue weighted by atomic mass is 79.9. The lowest BCUT2D eigenvalue weighted by Gasteiger charge is -2.07. The van der Waals surface area contributed by atoms with Crippen molar-refractivity contribution in [1.29, 1.82) is 0 Å². The second-order valence-corrected chi connectivity index (χ2v) is 5.55. The first kappa shape index (κ1) is 13.7. The minimum atomic E-state index is 0.606. The topological polar surface area (TPSA) is 28.7 Å². The molecule has 0 saturated heterocycles. The van der Waals surface area contributed by atoms with Gasteiger partial charge in [-0.3, -0.25) is 0 Å². The fourth-order valence-electron chi connectivity index (χ4n) is 1.68.